The Morgan fingerprint density at radius 3 is 2.75 bits per heavy atom. The molecule has 1 fully saturated rings. The molecule has 1 saturated heterocycles. The number of thiazole rings is 1. The lowest BCUT2D eigenvalue weighted by Crippen LogP contribution is -2.49. The van der Waals surface area contributed by atoms with Crippen molar-refractivity contribution in [3.8, 4) is 12.3 Å². The molecule has 0 radical (unpaired) electrons. The Hall–Kier alpha value is -1.78. The molecule has 3 heterocycles. The van der Waals surface area contributed by atoms with Crippen molar-refractivity contribution >= 4 is 17.2 Å². The lowest BCUT2D eigenvalue weighted by Gasteiger charge is -2.36. The molecular formula is C17H22N4O2S. The fourth-order valence-corrected chi connectivity index (χ4v) is 4.01. The summed E-state index contributed by atoms with van der Waals surface area (Å²) >= 11 is 1.60. The maximum atomic E-state index is 12.5. The molecule has 1 amide bonds. The van der Waals surface area contributed by atoms with E-state index in [1.54, 1.807) is 11.3 Å². The summed E-state index contributed by atoms with van der Waals surface area (Å²) in [5, 5.41) is 14.4. The molecule has 1 N–H and O–H groups in total. The topological polar surface area (TPSA) is 75.9 Å². The molecule has 0 unspecified atom stereocenters. The third-order valence-corrected chi connectivity index (χ3v) is 5.72. The minimum atomic E-state index is -0.412. The van der Waals surface area contributed by atoms with Gasteiger partial charge in [-0.1, -0.05) is 0 Å². The molecule has 128 valence electrons. The molecule has 6 nitrogen and oxygen atoms in total. The normalized spacial score (nSPS) is 20.3. The minimum Gasteiger partial charge on any atom is -0.381 e. The van der Waals surface area contributed by atoms with E-state index in [9.17, 15) is 4.79 Å². The van der Waals surface area contributed by atoms with Crippen molar-refractivity contribution in [1.82, 2.24) is 10.3 Å². The van der Waals surface area contributed by atoms with Crippen LogP contribution in [-0.2, 0) is 15.1 Å². The van der Waals surface area contributed by atoms with Crippen LogP contribution in [0.1, 0.15) is 49.2 Å². The molecular weight excluding hydrogens is 324 g/mol. The summed E-state index contributed by atoms with van der Waals surface area (Å²) in [6.45, 7) is 3.24. The van der Waals surface area contributed by atoms with E-state index in [1.807, 2.05) is 12.3 Å². The molecule has 2 aliphatic heterocycles. The van der Waals surface area contributed by atoms with E-state index in [0.717, 1.165) is 30.0 Å². The second kappa shape index (κ2) is 6.99. The van der Waals surface area contributed by atoms with E-state index in [0.29, 0.717) is 32.5 Å². The quantitative estimate of drug-likeness (QED) is 0.771. The minimum absolute atomic E-state index is 0.0159. The summed E-state index contributed by atoms with van der Waals surface area (Å²) < 4.78 is 5.48. The molecule has 24 heavy (non-hydrogen) atoms. The van der Waals surface area contributed by atoms with Gasteiger partial charge in [0.05, 0.1) is 5.54 Å². The molecule has 0 bridgehead atoms. The zero-order chi connectivity index (χ0) is 17.0. The summed E-state index contributed by atoms with van der Waals surface area (Å²) in [7, 11) is 0. The average Bonchev–Trinajstić information content (AvgIpc) is 3.23. The number of aromatic nitrogens is 1. The second-order valence-corrected chi connectivity index (χ2v) is 7.28. The van der Waals surface area contributed by atoms with Crippen molar-refractivity contribution in [3.05, 3.63) is 16.1 Å². The lowest BCUT2D eigenvalue weighted by molar-refractivity contribution is -0.124. The largest absolute Gasteiger partial charge is 0.381 e. The Morgan fingerprint density at radius 2 is 2.17 bits per heavy atom. The van der Waals surface area contributed by atoms with Gasteiger partial charge in [0.25, 0.3) is 0 Å². The molecule has 1 aromatic rings. The number of aryl methyl sites for hydroxylation is 1. The van der Waals surface area contributed by atoms with Gasteiger partial charge in [0, 0.05) is 62.8 Å². The highest BCUT2D eigenvalue weighted by Crippen LogP contribution is 2.38. The van der Waals surface area contributed by atoms with Crippen molar-refractivity contribution in [2.24, 2.45) is 10.2 Å². The van der Waals surface area contributed by atoms with E-state index in [-0.39, 0.29) is 5.91 Å². The first kappa shape index (κ1) is 17.1. The van der Waals surface area contributed by atoms with Crippen LogP contribution in [0.25, 0.3) is 0 Å². The third-order valence-electron chi connectivity index (χ3n) is 4.56. The van der Waals surface area contributed by atoms with Crippen molar-refractivity contribution < 1.29 is 9.53 Å². The molecule has 0 saturated carbocycles. The predicted octanol–water partition coefficient (Wildman–Crippen LogP) is 2.93. The van der Waals surface area contributed by atoms with Crippen molar-refractivity contribution in [2.45, 2.75) is 56.7 Å². The van der Waals surface area contributed by atoms with Crippen LogP contribution in [0.4, 0.5) is 0 Å². The average molecular weight is 346 g/mol. The first-order valence-corrected chi connectivity index (χ1v) is 9.14. The summed E-state index contributed by atoms with van der Waals surface area (Å²) in [6.07, 6.45) is 9.17. The van der Waals surface area contributed by atoms with E-state index >= 15 is 0 Å². The number of hydrogen-bond donors (Lipinski definition) is 1. The van der Waals surface area contributed by atoms with Gasteiger partial charge < -0.3 is 10.1 Å². The van der Waals surface area contributed by atoms with Crippen LogP contribution in [-0.4, -0.2) is 29.8 Å². The van der Waals surface area contributed by atoms with Gasteiger partial charge in [-0.25, -0.2) is 4.98 Å². The highest BCUT2D eigenvalue weighted by Gasteiger charge is 2.41. The van der Waals surface area contributed by atoms with Crippen molar-refractivity contribution in [1.29, 1.82) is 0 Å². The second-order valence-electron chi connectivity index (χ2n) is 6.42. The monoisotopic (exact) mass is 346 g/mol. The van der Waals surface area contributed by atoms with Gasteiger partial charge in [-0.3, -0.25) is 4.79 Å². The number of carbonyl (C=O) groups is 1. The standard InChI is InChI=1S/C17H22N4O2S/c1-3-4-6-17(20-21-17)7-5-14(22)19-16(8-10-23-11-9-16)15-18-13(2)12-24-15/h1,12H,4-11H2,2H3,(H,19,22). The molecule has 3 rings (SSSR count). The van der Waals surface area contributed by atoms with E-state index < -0.39 is 11.2 Å². The summed E-state index contributed by atoms with van der Waals surface area (Å²) in [4.78, 5) is 17.2. The van der Waals surface area contributed by atoms with Gasteiger partial charge >= 0.3 is 0 Å². The fourth-order valence-electron chi connectivity index (χ4n) is 3.00. The van der Waals surface area contributed by atoms with Crippen LogP contribution >= 0.6 is 11.3 Å². The van der Waals surface area contributed by atoms with Gasteiger partial charge in [0.2, 0.25) is 5.91 Å². The Balaban J connectivity index is 1.61. The number of amides is 1. The van der Waals surface area contributed by atoms with Crippen LogP contribution in [0.2, 0.25) is 0 Å². The van der Waals surface area contributed by atoms with E-state index in [4.69, 9.17) is 11.2 Å². The SMILES string of the molecule is C#CCCC1(CCC(=O)NC2(c3nc(C)cs3)CCOCC2)N=N1. The van der Waals surface area contributed by atoms with Crippen molar-refractivity contribution in [3.63, 3.8) is 0 Å². The van der Waals surface area contributed by atoms with Crippen LogP contribution in [0.3, 0.4) is 0 Å². The van der Waals surface area contributed by atoms with Gasteiger partial charge in [0.1, 0.15) is 5.01 Å². The number of terminal acetylenes is 1. The molecule has 7 heteroatoms. The summed E-state index contributed by atoms with van der Waals surface area (Å²) in [5.74, 6) is 2.62. The number of rotatable bonds is 7. The highest BCUT2D eigenvalue weighted by molar-refractivity contribution is 7.09. The molecule has 1 aromatic heterocycles. The number of carbonyl (C=O) groups excluding carboxylic acids is 1. The Morgan fingerprint density at radius 1 is 1.42 bits per heavy atom. The molecule has 0 aliphatic carbocycles. The van der Waals surface area contributed by atoms with Crippen molar-refractivity contribution in [2.75, 3.05) is 13.2 Å². The summed E-state index contributed by atoms with van der Waals surface area (Å²) in [6, 6.07) is 0. The number of nitrogens with one attached hydrogen (secondary N) is 1. The van der Waals surface area contributed by atoms with E-state index in [2.05, 4.69) is 26.4 Å². The third kappa shape index (κ3) is 3.82. The molecule has 0 spiro atoms. The molecule has 0 aromatic carbocycles. The maximum absolute atomic E-state index is 12.5. The highest BCUT2D eigenvalue weighted by atomic mass is 32.1. The predicted molar refractivity (Wildman–Crippen MR) is 91.6 cm³/mol. The van der Waals surface area contributed by atoms with Gasteiger partial charge in [-0.15, -0.1) is 23.7 Å². The zero-order valence-corrected chi connectivity index (χ0v) is 14.7. The number of ether oxygens (including phenoxy) is 1. The van der Waals surface area contributed by atoms with E-state index in [1.165, 1.54) is 0 Å². The molecule has 0 atom stereocenters. The molecule has 2 aliphatic rings. The van der Waals surface area contributed by atoms with Crippen LogP contribution in [0.5, 0.6) is 0 Å². The van der Waals surface area contributed by atoms with Gasteiger partial charge in [-0.2, -0.15) is 10.2 Å². The van der Waals surface area contributed by atoms with Gasteiger partial charge in [-0.05, 0) is 6.92 Å². The Labute approximate surface area is 146 Å². The maximum Gasteiger partial charge on any atom is 0.220 e. The first-order valence-electron chi connectivity index (χ1n) is 8.26. The zero-order valence-electron chi connectivity index (χ0n) is 13.9. The summed E-state index contributed by atoms with van der Waals surface area (Å²) in [5.41, 5.74) is 0.168. The number of nitrogens with zero attached hydrogens (tertiary/aromatic N) is 3. The number of hydrogen-bond acceptors (Lipinski definition) is 6. The van der Waals surface area contributed by atoms with Gasteiger partial charge in [0.15, 0.2) is 5.66 Å². The fraction of sp³-hybridized carbons (Fsp3) is 0.647. The Bertz CT molecular complexity index is 664. The Kier molecular flexibility index (Phi) is 4.97. The smallest absolute Gasteiger partial charge is 0.220 e. The van der Waals surface area contributed by atoms with Crippen LogP contribution in [0.15, 0.2) is 15.6 Å². The lowest BCUT2D eigenvalue weighted by atomic mass is 9.90. The first-order chi connectivity index (χ1) is 11.6. The van der Waals surface area contributed by atoms with Crippen LogP contribution < -0.4 is 5.32 Å². The van der Waals surface area contributed by atoms with Crippen LogP contribution in [0, 0.1) is 19.3 Å².